The van der Waals surface area contributed by atoms with E-state index in [2.05, 4.69) is 0 Å². The monoisotopic (exact) mass is 236 g/mol. The molecule has 1 saturated carbocycles. The van der Waals surface area contributed by atoms with Crippen molar-refractivity contribution in [2.75, 3.05) is 13.4 Å². The molecule has 0 saturated heterocycles. The molecule has 0 amide bonds. The largest absolute Gasteiger partial charge is 0.481 e. The molecule has 4 nitrogen and oxygen atoms in total. The summed E-state index contributed by atoms with van der Waals surface area (Å²) in [6.07, 6.45) is 2.53. The van der Waals surface area contributed by atoms with Crippen molar-refractivity contribution >= 4 is 5.97 Å². The molecule has 0 atom stereocenters. The van der Waals surface area contributed by atoms with Crippen LogP contribution in [0.4, 0.5) is 0 Å². The van der Waals surface area contributed by atoms with E-state index in [0.29, 0.717) is 5.75 Å². The smallest absolute Gasteiger partial charge is 0.307 e. The van der Waals surface area contributed by atoms with Gasteiger partial charge in [-0.1, -0.05) is 12.1 Å². The summed E-state index contributed by atoms with van der Waals surface area (Å²) in [7, 11) is 0. The third kappa shape index (κ3) is 4.44. The first-order chi connectivity index (χ1) is 8.24. The molecule has 0 bridgehead atoms. The third-order valence-corrected chi connectivity index (χ3v) is 2.61. The molecule has 1 fully saturated rings. The fourth-order valence-electron chi connectivity index (χ4n) is 1.53. The number of carboxylic acids is 1. The van der Waals surface area contributed by atoms with Crippen LogP contribution in [-0.2, 0) is 16.0 Å². The fourth-order valence-corrected chi connectivity index (χ4v) is 1.53. The molecular weight excluding hydrogens is 220 g/mol. The molecule has 2 rings (SSSR count). The number of hydrogen-bond donors (Lipinski definition) is 1. The van der Waals surface area contributed by atoms with Gasteiger partial charge in [-0.05, 0) is 36.5 Å². The number of carboxylic acid groups (broad SMARTS) is 1. The van der Waals surface area contributed by atoms with Crippen LogP contribution in [-0.4, -0.2) is 24.5 Å². The van der Waals surface area contributed by atoms with Gasteiger partial charge in [0, 0.05) is 0 Å². The molecule has 1 aliphatic rings. The summed E-state index contributed by atoms with van der Waals surface area (Å²) in [6.45, 7) is 0.988. The highest BCUT2D eigenvalue weighted by atomic mass is 16.7. The maximum Gasteiger partial charge on any atom is 0.307 e. The lowest BCUT2D eigenvalue weighted by molar-refractivity contribution is -0.136. The zero-order chi connectivity index (χ0) is 12.1. The van der Waals surface area contributed by atoms with Crippen molar-refractivity contribution in [3.05, 3.63) is 29.8 Å². The van der Waals surface area contributed by atoms with Crippen molar-refractivity contribution in [2.24, 2.45) is 5.92 Å². The lowest BCUT2D eigenvalue weighted by Crippen LogP contribution is -2.06. The first-order valence-corrected chi connectivity index (χ1v) is 5.75. The summed E-state index contributed by atoms with van der Waals surface area (Å²) in [5.41, 5.74) is 0.734. The lowest BCUT2D eigenvalue weighted by Gasteiger charge is -2.07. The highest BCUT2D eigenvalue weighted by Crippen LogP contribution is 2.28. The predicted octanol–water partition coefficient (Wildman–Crippen LogP) is 2.08. The minimum Gasteiger partial charge on any atom is -0.481 e. The Labute approximate surface area is 100 Å². The number of aliphatic carboxylic acids is 1. The molecule has 0 radical (unpaired) electrons. The van der Waals surface area contributed by atoms with Gasteiger partial charge in [0.05, 0.1) is 13.0 Å². The molecule has 92 valence electrons. The van der Waals surface area contributed by atoms with Crippen LogP contribution in [0, 0.1) is 5.92 Å². The fraction of sp³-hybridized carbons (Fsp3) is 0.462. The summed E-state index contributed by atoms with van der Waals surface area (Å²) < 4.78 is 10.7. The Hall–Kier alpha value is -1.55. The van der Waals surface area contributed by atoms with Crippen LogP contribution in [0.5, 0.6) is 5.75 Å². The Balaban J connectivity index is 1.76. The van der Waals surface area contributed by atoms with Gasteiger partial charge >= 0.3 is 5.97 Å². The van der Waals surface area contributed by atoms with Crippen LogP contribution < -0.4 is 4.74 Å². The van der Waals surface area contributed by atoms with Gasteiger partial charge in [-0.15, -0.1) is 0 Å². The van der Waals surface area contributed by atoms with Gasteiger partial charge in [-0.3, -0.25) is 4.79 Å². The van der Waals surface area contributed by atoms with Crippen molar-refractivity contribution in [1.82, 2.24) is 0 Å². The zero-order valence-electron chi connectivity index (χ0n) is 9.59. The van der Waals surface area contributed by atoms with E-state index in [1.165, 1.54) is 12.8 Å². The molecule has 0 aromatic heterocycles. The molecule has 1 aromatic carbocycles. The van der Waals surface area contributed by atoms with Crippen LogP contribution in [0.2, 0.25) is 0 Å². The average Bonchev–Trinajstić information content (AvgIpc) is 3.08. The second kappa shape index (κ2) is 5.68. The molecule has 4 heteroatoms. The summed E-state index contributed by atoms with van der Waals surface area (Å²) in [5, 5.41) is 8.67. The van der Waals surface area contributed by atoms with E-state index >= 15 is 0 Å². The van der Waals surface area contributed by atoms with Gasteiger partial charge in [0.2, 0.25) is 0 Å². The maximum atomic E-state index is 10.6. The molecule has 0 spiro atoms. The van der Waals surface area contributed by atoms with Crippen molar-refractivity contribution in [2.45, 2.75) is 19.3 Å². The number of hydrogen-bond acceptors (Lipinski definition) is 3. The highest BCUT2D eigenvalue weighted by Gasteiger charge is 2.21. The predicted molar refractivity (Wildman–Crippen MR) is 62.0 cm³/mol. The lowest BCUT2D eigenvalue weighted by atomic mass is 10.1. The van der Waals surface area contributed by atoms with E-state index in [1.54, 1.807) is 24.3 Å². The molecular formula is C13H16O4. The summed E-state index contributed by atoms with van der Waals surface area (Å²) in [5.74, 6) is 0.531. The van der Waals surface area contributed by atoms with Crippen molar-refractivity contribution < 1.29 is 19.4 Å². The molecule has 1 N–H and O–H groups in total. The first kappa shape index (κ1) is 11.9. The van der Waals surface area contributed by atoms with E-state index in [1.807, 2.05) is 0 Å². The number of carbonyl (C=O) groups is 1. The van der Waals surface area contributed by atoms with Gasteiger partial charge < -0.3 is 14.6 Å². The van der Waals surface area contributed by atoms with Crippen molar-refractivity contribution in [1.29, 1.82) is 0 Å². The number of rotatable bonds is 7. The summed E-state index contributed by atoms with van der Waals surface area (Å²) >= 11 is 0. The van der Waals surface area contributed by atoms with Gasteiger partial charge in [0.1, 0.15) is 5.75 Å². The minimum absolute atomic E-state index is 0.0140. The van der Waals surface area contributed by atoms with Crippen LogP contribution in [0.15, 0.2) is 24.3 Å². The molecule has 0 heterocycles. The van der Waals surface area contributed by atoms with Gasteiger partial charge in [-0.2, -0.15) is 0 Å². The molecule has 1 aromatic rings. The Bertz CT molecular complexity index is 385. The zero-order valence-corrected chi connectivity index (χ0v) is 9.59. The topological polar surface area (TPSA) is 55.8 Å². The van der Waals surface area contributed by atoms with E-state index < -0.39 is 5.97 Å². The maximum absolute atomic E-state index is 10.6. The highest BCUT2D eigenvalue weighted by molar-refractivity contribution is 5.70. The molecule has 0 unspecified atom stereocenters. The Kier molecular flexibility index (Phi) is 3.98. The van der Waals surface area contributed by atoms with Crippen LogP contribution >= 0.6 is 0 Å². The second-order valence-corrected chi connectivity index (χ2v) is 4.29. The Morgan fingerprint density at radius 2 is 2.24 bits per heavy atom. The van der Waals surface area contributed by atoms with Crippen LogP contribution in [0.3, 0.4) is 0 Å². The minimum atomic E-state index is -0.841. The SMILES string of the molecule is O=C(O)Cc1cccc(OCOCC2CC2)c1. The van der Waals surface area contributed by atoms with E-state index in [0.717, 1.165) is 18.1 Å². The Morgan fingerprint density at radius 3 is 2.94 bits per heavy atom. The summed E-state index contributed by atoms with van der Waals surface area (Å²) in [6, 6.07) is 7.08. The van der Waals surface area contributed by atoms with Gasteiger partial charge in [0.25, 0.3) is 0 Å². The first-order valence-electron chi connectivity index (χ1n) is 5.75. The normalized spacial score (nSPS) is 14.6. The van der Waals surface area contributed by atoms with Gasteiger partial charge in [-0.25, -0.2) is 0 Å². The second-order valence-electron chi connectivity index (χ2n) is 4.29. The quantitative estimate of drug-likeness (QED) is 0.581. The average molecular weight is 236 g/mol. The molecule has 0 aliphatic heterocycles. The van der Waals surface area contributed by atoms with Gasteiger partial charge in [0.15, 0.2) is 6.79 Å². The third-order valence-electron chi connectivity index (χ3n) is 2.61. The van der Waals surface area contributed by atoms with E-state index in [9.17, 15) is 4.79 Å². The standard InChI is InChI=1S/C13H16O4/c14-13(15)7-11-2-1-3-12(6-11)17-9-16-8-10-4-5-10/h1-3,6,10H,4-5,7-9H2,(H,14,15). The van der Waals surface area contributed by atoms with Crippen LogP contribution in [0.25, 0.3) is 0 Å². The molecule has 17 heavy (non-hydrogen) atoms. The van der Waals surface area contributed by atoms with Crippen molar-refractivity contribution in [3.8, 4) is 5.75 Å². The van der Waals surface area contributed by atoms with E-state index in [-0.39, 0.29) is 13.2 Å². The van der Waals surface area contributed by atoms with Crippen molar-refractivity contribution in [3.63, 3.8) is 0 Å². The Morgan fingerprint density at radius 1 is 1.41 bits per heavy atom. The van der Waals surface area contributed by atoms with E-state index in [4.69, 9.17) is 14.6 Å². The number of benzene rings is 1. The molecule has 1 aliphatic carbocycles. The summed E-state index contributed by atoms with van der Waals surface area (Å²) in [4.78, 5) is 10.6. The number of ether oxygens (including phenoxy) is 2. The van der Waals surface area contributed by atoms with Crippen LogP contribution in [0.1, 0.15) is 18.4 Å².